The standard InChI is InChI=1S/C18H25NO5/c1-13(20)10-11-15(19-17(22)24-18(2,3)4)16(21)23-12-14-8-6-5-7-9-14/h5-9,15H,10-12H2,1-4H3,(H,19,22)/t15-/m0/s1. The molecule has 0 saturated carbocycles. The molecule has 1 aromatic carbocycles. The fourth-order valence-corrected chi connectivity index (χ4v) is 1.88. The van der Waals surface area contributed by atoms with Gasteiger partial charge in [0.1, 0.15) is 24.0 Å². The predicted molar refractivity (Wildman–Crippen MR) is 89.3 cm³/mol. The number of nitrogens with one attached hydrogen (secondary N) is 1. The number of ether oxygens (including phenoxy) is 2. The van der Waals surface area contributed by atoms with Gasteiger partial charge in [0.15, 0.2) is 0 Å². The van der Waals surface area contributed by atoms with Crippen molar-refractivity contribution < 1.29 is 23.9 Å². The molecule has 6 heteroatoms. The summed E-state index contributed by atoms with van der Waals surface area (Å²) in [6, 6.07) is 8.29. The van der Waals surface area contributed by atoms with Crippen molar-refractivity contribution in [3.05, 3.63) is 35.9 Å². The second kappa shape index (κ2) is 9.05. The summed E-state index contributed by atoms with van der Waals surface area (Å²) in [6.07, 6.45) is -0.379. The van der Waals surface area contributed by atoms with E-state index >= 15 is 0 Å². The van der Waals surface area contributed by atoms with Gasteiger partial charge in [0.2, 0.25) is 0 Å². The zero-order valence-electron chi connectivity index (χ0n) is 14.6. The number of ketones is 1. The predicted octanol–water partition coefficient (Wildman–Crippen LogP) is 2.99. The van der Waals surface area contributed by atoms with Crippen LogP contribution < -0.4 is 5.32 Å². The summed E-state index contributed by atoms with van der Waals surface area (Å²) in [7, 11) is 0. The van der Waals surface area contributed by atoms with Crippen LogP contribution in [-0.2, 0) is 25.7 Å². The van der Waals surface area contributed by atoms with E-state index in [2.05, 4.69) is 5.32 Å². The molecule has 1 atom stereocenters. The van der Waals surface area contributed by atoms with Gasteiger partial charge in [-0.15, -0.1) is 0 Å². The molecule has 6 nitrogen and oxygen atoms in total. The van der Waals surface area contributed by atoms with Gasteiger partial charge in [-0.25, -0.2) is 9.59 Å². The Labute approximate surface area is 142 Å². The number of esters is 1. The van der Waals surface area contributed by atoms with Crippen LogP contribution in [0.15, 0.2) is 30.3 Å². The summed E-state index contributed by atoms with van der Waals surface area (Å²) < 4.78 is 10.4. The Morgan fingerprint density at radius 1 is 1.12 bits per heavy atom. The molecule has 0 aromatic heterocycles. The number of Topliss-reactive ketones (excluding diaryl/α,β-unsaturated/α-hetero) is 1. The number of benzene rings is 1. The van der Waals surface area contributed by atoms with E-state index in [1.165, 1.54) is 6.92 Å². The smallest absolute Gasteiger partial charge is 0.408 e. The number of amides is 1. The molecule has 0 unspecified atom stereocenters. The van der Waals surface area contributed by atoms with E-state index in [4.69, 9.17) is 9.47 Å². The van der Waals surface area contributed by atoms with Crippen molar-refractivity contribution in [2.45, 2.75) is 58.8 Å². The van der Waals surface area contributed by atoms with Gasteiger partial charge in [-0.3, -0.25) is 0 Å². The number of hydrogen-bond donors (Lipinski definition) is 1. The Hall–Kier alpha value is -2.37. The first-order chi connectivity index (χ1) is 11.2. The molecule has 0 saturated heterocycles. The van der Waals surface area contributed by atoms with Crippen molar-refractivity contribution in [1.29, 1.82) is 0 Å². The van der Waals surface area contributed by atoms with E-state index in [0.717, 1.165) is 5.56 Å². The van der Waals surface area contributed by atoms with Crippen LogP contribution in [-0.4, -0.2) is 29.5 Å². The normalized spacial score (nSPS) is 12.2. The van der Waals surface area contributed by atoms with Crippen molar-refractivity contribution in [2.24, 2.45) is 0 Å². The second-order valence-corrected chi connectivity index (χ2v) is 6.53. The number of rotatable bonds is 7. The summed E-state index contributed by atoms with van der Waals surface area (Å²) in [4.78, 5) is 35.3. The zero-order chi connectivity index (χ0) is 18.2. The van der Waals surface area contributed by atoms with Crippen LogP contribution in [0.5, 0.6) is 0 Å². The third-order valence-electron chi connectivity index (χ3n) is 2.98. The van der Waals surface area contributed by atoms with Crippen LogP contribution in [0, 0.1) is 0 Å². The Morgan fingerprint density at radius 2 is 1.75 bits per heavy atom. The van der Waals surface area contributed by atoms with Crippen LogP contribution in [0.2, 0.25) is 0 Å². The lowest BCUT2D eigenvalue weighted by atomic mass is 10.1. The minimum atomic E-state index is -0.924. The molecule has 0 aliphatic carbocycles. The van der Waals surface area contributed by atoms with Crippen molar-refractivity contribution >= 4 is 17.8 Å². The monoisotopic (exact) mass is 335 g/mol. The van der Waals surface area contributed by atoms with Crippen LogP contribution in [0.3, 0.4) is 0 Å². The lowest BCUT2D eigenvalue weighted by molar-refractivity contribution is -0.147. The quantitative estimate of drug-likeness (QED) is 0.775. The SMILES string of the molecule is CC(=O)CC[C@H](NC(=O)OC(C)(C)C)C(=O)OCc1ccccc1. The van der Waals surface area contributed by atoms with E-state index in [0.29, 0.717) is 0 Å². The van der Waals surface area contributed by atoms with E-state index in [1.54, 1.807) is 20.8 Å². The molecule has 0 fully saturated rings. The van der Waals surface area contributed by atoms with E-state index in [1.807, 2.05) is 30.3 Å². The van der Waals surface area contributed by atoms with Crippen molar-refractivity contribution in [3.63, 3.8) is 0 Å². The Bertz CT molecular complexity index is 563. The van der Waals surface area contributed by atoms with Gasteiger partial charge in [0, 0.05) is 6.42 Å². The van der Waals surface area contributed by atoms with Crippen molar-refractivity contribution in [3.8, 4) is 0 Å². The highest BCUT2D eigenvalue weighted by Crippen LogP contribution is 2.09. The van der Waals surface area contributed by atoms with Gasteiger partial charge >= 0.3 is 12.1 Å². The third-order valence-corrected chi connectivity index (χ3v) is 2.98. The summed E-state index contributed by atoms with van der Waals surface area (Å²) >= 11 is 0. The molecule has 0 aliphatic rings. The van der Waals surface area contributed by atoms with Gasteiger partial charge in [-0.1, -0.05) is 30.3 Å². The van der Waals surface area contributed by atoms with Gasteiger partial charge in [-0.05, 0) is 39.7 Å². The van der Waals surface area contributed by atoms with E-state index in [-0.39, 0.29) is 25.2 Å². The fraction of sp³-hybridized carbons (Fsp3) is 0.500. The number of carbonyl (C=O) groups is 3. The summed E-state index contributed by atoms with van der Waals surface area (Å²) in [5.41, 5.74) is 0.164. The molecule has 1 aromatic rings. The second-order valence-electron chi connectivity index (χ2n) is 6.53. The minimum Gasteiger partial charge on any atom is -0.459 e. The summed E-state index contributed by atoms with van der Waals surface area (Å²) in [5.74, 6) is -0.659. The number of carbonyl (C=O) groups excluding carboxylic acids is 3. The van der Waals surface area contributed by atoms with Crippen LogP contribution in [0.1, 0.15) is 46.1 Å². The molecule has 0 radical (unpaired) electrons. The average molecular weight is 335 g/mol. The summed E-state index contributed by atoms with van der Waals surface area (Å²) in [6.45, 7) is 6.72. The maximum Gasteiger partial charge on any atom is 0.408 e. The number of hydrogen-bond acceptors (Lipinski definition) is 5. The highest BCUT2D eigenvalue weighted by Gasteiger charge is 2.25. The lowest BCUT2D eigenvalue weighted by Crippen LogP contribution is -2.44. The average Bonchev–Trinajstić information content (AvgIpc) is 2.48. The largest absolute Gasteiger partial charge is 0.459 e. The van der Waals surface area contributed by atoms with Crippen LogP contribution >= 0.6 is 0 Å². The first kappa shape index (κ1) is 19.7. The Balaban J connectivity index is 2.64. The molecule has 24 heavy (non-hydrogen) atoms. The van der Waals surface area contributed by atoms with E-state index in [9.17, 15) is 14.4 Å². The van der Waals surface area contributed by atoms with Crippen molar-refractivity contribution in [2.75, 3.05) is 0 Å². The maximum absolute atomic E-state index is 12.2. The molecule has 1 N–H and O–H groups in total. The molecule has 0 aliphatic heterocycles. The van der Waals surface area contributed by atoms with E-state index < -0.39 is 23.7 Å². The van der Waals surface area contributed by atoms with Gasteiger partial charge in [0.05, 0.1) is 0 Å². The minimum absolute atomic E-state index is 0.0677. The van der Waals surface area contributed by atoms with Crippen molar-refractivity contribution in [1.82, 2.24) is 5.32 Å². The highest BCUT2D eigenvalue weighted by molar-refractivity contribution is 5.82. The summed E-state index contributed by atoms with van der Waals surface area (Å²) in [5, 5.41) is 2.48. The lowest BCUT2D eigenvalue weighted by Gasteiger charge is -2.22. The molecular formula is C18H25NO5. The fourth-order valence-electron chi connectivity index (χ4n) is 1.88. The highest BCUT2D eigenvalue weighted by atomic mass is 16.6. The Morgan fingerprint density at radius 3 is 2.29 bits per heavy atom. The molecule has 1 rings (SSSR count). The number of alkyl carbamates (subject to hydrolysis) is 1. The zero-order valence-corrected chi connectivity index (χ0v) is 14.6. The molecule has 0 bridgehead atoms. The molecule has 0 spiro atoms. The molecule has 132 valence electrons. The first-order valence-electron chi connectivity index (χ1n) is 7.87. The van der Waals surface area contributed by atoms with Gasteiger partial charge in [0.25, 0.3) is 0 Å². The Kier molecular flexibility index (Phi) is 7.42. The van der Waals surface area contributed by atoms with Crippen LogP contribution in [0.25, 0.3) is 0 Å². The molecule has 1 amide bonds. The molecule has 0 heterocycles. The topological polar surface area (TPSA) is 81.7 Å². The third kappa shape index (κ3) is 8.31. The van der Waals surface area contributed by atoms with Crippen LogP contribution in [0.4, 0.5) is 4.79 Å². The maximum atomic E-state index is 12.2. The first-order valence-corrected chi connectivity index (χ1v) is 7.87. The van der Waals surface area contributed by atoms with Gasteiger partial charge in [-0.2, -0.15) is 0 Å². The van der Waals surface area contributed by atoms with Gasteiger partial charge < -0.3 is 19.6 Å². The molecular weight excluding hydrogens is 310 g/mol.